The minimum absolute atomic E-state index is 0.243. The number of aromatic amines is 1. The van der Waals surface area contributed by atoms with Crippen molar-refractivity contribution in [2.45, 2.75) is 12.5 Å². The lowest BCUT2D eigenvalue weighted by Gasteiger charge is -2.12. The van der Waals surface area contributed by atoms with E-state index in [2.05, 4.69) is 26.1 Å². The van der Waals surface area contributed by atoms with Crippen LogP contribution in [0.15, 0.2) is 42.4 Å². The molecule has 1 atom stereocenters. The van der Waals surface area contributed by atoms with Gasteiger partial charge in [-0.15, -0.1) is 11.3 Å². The predicted molar refractivity (Wildman–Crippen MR) is 93.2 cm³/mol. The molecule has 4 aromatic heterocycles. The molecule has 25 heavy (non-hydrogen) atoms. The van der Waals surface area contributed by atoms with E-state index in [-0.39, 0.29) is 12.5 Å². The Kier molecular flexibility index (Phi) is 3.84. The minimum atomic E-state index is -0.243. The largest absolute Gasteiger partial charge is 0.346 e. The summed E-state index contributed by atoms with van der Waals surface area (Å²) < 4.78 is 1.75. The van der Waals surface area contributed by atoms with Crippen molar-refractivity contribution < 1.29 is 4.79 Å². The highest BCUT2D eigenvalue weighted by atomic mass is 32.1. The van der Waals surface area contributed by atoms with Crippen LogP contribution in [0, 0.1) is 11.3 Å². The molecule has 0 aliphatic carbocycles. The summed E-state index contributed by atoms with van der Waals surface area (Å²) in [5, 5.41) is 16.4. The maximum absolute atomic E-state index is 10.9. The summed E-state index contributed by atoms with van der Waals surface area (Å²) in [6.45, 7) is 0. The Morgan fingerprint density at radius 2 is 2.36 bits per heavy atom. The molecule has 4 rings (SSSR count). The van der Waals surface area contributed by atoms with Gasteiger partial charge in [0.15, 0.2) is 6.29 Å². The van der Waals surface area contributed by atoms with Gasteiger partial charge in [-0.2, -0.15) is 10.4 Å². The van der Waals surface area contributed by atoms with Gasteiger partial charge in [0.2, 0.25) is 0 Å². The molecule has 0 bridgehead atoms. The first-order chi connectivity index (χ1) is 12.3. The summed E-state index contributed by atoms with van der Waals surface area (Å²) in [4.78, 5) is 23.2. The summed E-state index contributed by atoms with van der Waals surface area (Å²) in [5.74, 6) is 0. The molecule has 0 saturated heterocycles. The Bertz CT molecular complexity index is 1090. The van der Waals surface area contributed by atoms with Crippen LogP contribution in [-0.4, -0.2) is 31.0 Å². The van der Waals surface area contributed by atoms with E-state index >= 15 is 0 Å². The van der Waals surface area contributed by atoms with Gasteiger partial charge in [-0.3, -0.25) is 9.48 Å². The molecular weight excluding hydrogens is 336 g/mol. The van der Waals surface area contributed by atoms with Crippen molar-refractivity contribution in [3.8, 4) is 17.3 Å². The standard InChI is InChI=1S/C17H12N6OS/c18-3-1-15(11-5-13(8-24)25-9-11)23-7-12(6-22-23)16-14-2-4-19-17(14)21-10-20-16/h2,4-10,15H,1H2,(H,19,20,21). The number of H-pyrrole nitrogens is 1. The average molecular weight is 348 g/mol. The number of carbonyl (C=O) groups is 1. The van der Waals surface area contributed by atoms with Gasteiger partial charge in [0.1, 0.15) is 12.0 Å². The Morgan fingerprint density at radius 3 is 3.16 bits per heavy atom. The van der Waals surface area contributed by atoms with Crippen molar-refractivity contribution >= 4 is 28.7 Å². The van der Waals surface area contributed by atoms with E-state index in [1.807, 2.05) is 23.8 Å². The molecule has 0 fully saturated rings. The van der Waals surface area contributed by atoms with E-state index in [0.717, 1.165) is 34.1 Å². The Labute approximate surface area is 146 Å². The molecule has 1 N–H and O–H groups in total. The molecule has 0 saturated carbocycles. The molecule has 0 spiro atoms. The van der Waals surface area contributed by atoms with Gasteiger partial charge in [0.25, 0.3) is 0 Å². The van der Waals surface area contributed by atoms with Gasteiger partial charge >= 0.3 is 0 Å². The van der Waals surface area contributed by atoms with E-state index in [1.54, 1.807) is 16.9 Å². The normalized spacial score (nSPS) is 12.1. The number of hydrogen-bond donors (Lipinski definition) is 1. The van der Waals surface area contributed by atoms with Gasteiger partial charge in [-0.05, 0) is 23.1 Å². The number of nitrogens with zero attached hydrogens (tertiary/aromatic N) is 5. The lowest BCUT2D eigenvalue weighted by molar-refractivity contribution is 0.112. The fraction of sp³-hybridized carbons (Fsp3) is 0.118. The summed E-state index contributed by atoms with van der Waals surface area (Å²) in [6, 6.07) is 5.67. The number of thiophene rings is 1. The van der Waals surface area contributed by atoms with Crippen LogP contribution in [0.2, 0.25) is 0 Å². The second-order valence-corrected chi connectivity index (χ2v) is 6.39. The lowest BCUT2D eigenvalue weighted by atomic mass is 10.1. The van der Waals surface area contributed by atoms with Crippen LogP contribution in [0.25, 0.3) is 22.3 Å². The van der Waals surface area contributed by atoms with Gasteiger partial charge in [0.05, 0.1) is 35.3 Å². The van der Waals surface area contributed by atoms with Crippen LogP contribution in [-0.2, 0) is 0 Å². The van der Waals surface area contributed by atoms with Gasteiger partial charge in [-0.1, -0.05) is 0 Å². The molecule has 0 amide bonds. The van der Waals surface area contributed by atoms with Crippen LogP contribution in [0.1, 0.15) is 27.7 Å². The highest BCUT2D eigenvalue weighted by Gasteiger charge is 2.18. The number of aromatic nitrogens is 5. The SMILES string of the molecule is N#CCC(c1csc(C=O)c1)n1cc(-c2ncnc3[nH]ccc23)cn1. The summed E-state index contributed by atoms with van der Waals surface area (Å²) in [6.07, 6.45) is 8.00. The number of nitrogens with one attached hydrogen (secondary N) is 1. The molecule has 4 heterocycles. The van der Waals surface area contributed by atoms with Crippen LogP contribution in [0.4, 0.5) is 0 Å². The fourth-order valence-electron chi connectivity index (χ4n) is 2.79. The first kappa shape index (κ1) is 15.2. The zero-order chi connectivity index (χ0) is 17.2. The fourth-order valence-corrected chi connectivity index (χ4v) is 3.55. The second-order valence-electron chi connectivity index (χ2n) is 5.45. The van der Waals surface area contributed by atoms with Crippen molar-refractivity contribution in [2.75, 3.05) is 0 Å². The maximum Gasteiger partial charge on any atom is 0.160 e. The van der Waals surface area contributed by atoms with E-state index in [1.165, 1.54) is 17.7 Å². The molecule has 122 valence electrons. The summed E-state index contributed by atoms with van der Waals surface area (Å²) in [7, 11) is 0. The molecule has 0 radical (unpaired) electrons. The van der Waals surface area contributed by atoms with E-state index < -0.39 is 0 Å². The Balaban J connectivity index is 1.75. The van der Waals surface area contributed by atoms with Crippen molar-refractivity contribution in [3.05, 3.63) is 52.9 Å². The molecule has 0 aromatic carbocycles. The van der Waals surface area contributed by atoms with E-state index in [4.69, 9.17) is 0 Å². The minimum Gasteiger partial charge on any atom is -0.346 e. The van der Waals surface area contributed by atoms with E-state index in [0.29, 0.717) is 4.88 Å². The number of aldehydes is 1. The Hall–Kier alpha value is -3.31. The van der Waals surface area contributed by atoms with Crippen LogP contribution >= 0.6 is 11.3 Å². The molecular formula is C17H12N6OS. The monoisotopic (exact) mass is 348 g/mol. The third-order valence-corrected chi connectivity index (χ3v) is 4.85. The number of hydrogen-bond acceptors (Lipinski definition) is 6. The zero-order valence-corrected chi connectivity index (χ0v) is 13.8. The van der Waals surface area contributed by atoms with Crippen molar-refractivity contribution in [1.82, 2.24) is 24.7 Å². The summed E-state index contributed by atoms with van der Waals surface area (Å²) >= 11 is 1.36. The maximum atomic E-state index is 10.9. The topological polar surface area (TPSA) is 100 Å². The zero-order valence-electron chi connectivity index (χ0n) is 13.0. The van der Waals surface area contributed by atoms with Crippen molar-refractivity contribution in [2.24, 2.45) is 0 Å². The highest BCUT2D eigenvalue weighted by molar-refractivity contribution is 7.11. The van der Waals surface area contributed by atoms with Crippen LogP contribution < -0.4 is 0 Å². The predicted octanol–water partition coefficient (Wildman–Crippen LogP) is 3.20. The highest BCUT2D eigenvalue weighted by Crippen LogP contribution is 2.29. The first-order valence-electron chi connectivity index (χ1n) is 7.53. The molecule has 8 heteroatoms. The van der Waals surface area contributed by atoms with Crippen molar-refractivity contribution in [3.63, 3.8) is 0 Å². The molecule has 1 unspecified atom stereocenters. The third kappa shape index (κ3) is 2.70. The first-order valence-corrected chi connectivity index (χ1v) is 8.41. The molecule has 0 aliphatic rings. The average Bonchev–Trinajstić information content (AvgIpc) is 3.39. The molecule has 4 aromatic rings. The van der Waals surface area contributed by atoms with Gasteiger partial charge in [0, 0.05) is 23.3 Å². The Morgan fingerprint density at radius 1 is 1.44 bits per heavy atom. The second kappa shape index (κ2) is 6.30. The third-order valence-electron chi connectivity index (χ3n) is 3.97. The summed E-state index contributed by atoms with van der Waals surface area (Å²) in [5.41, 5.74) is 3.30. The van der Waals surface area contributed by atoms with Gasteiger partial charge < -0.3 is 4.98 Å². The quantitative estimate of drug-likeness (QED) is 0.558. The molecule has 7 nitrogen and oxygen atoms in total. The van der Waals surface area contributed by atoms with Crippen LogP contribution in [0.5, 0.6) is 0 Å². The van der Waals surface area contributed by atoms with Crippen molar-refractivity contribution in [1.29, 1.82) is 5.26 Å². The van der Waals surface area contributed by atoms with Gasteiger partial charge in [-0.25, -0.2) is 9.97 Å². The van der Waals surface area contributed by atoms with Crippen LogP contribution in [0.3, 0.4) is 0 Å². The smallest absolute Gasteiger partial charge is 0.160 e. The number of fused-ring (bicyclic) bond motifs is 1. The van der Waals surface area contributed by atoms with E-state index in [9.17, 15) is 10.1 Å². The molecule has 0 aliphatic heterocycles. The number of nitriles is 1. The number of carbonyl (C=O) groups excluding carboxylic acids is 1. The lowest BCUT2D eigenvalue weighted by Crippen LogP contribution is -2.09. The number of rotatable bonds is 5.